The molecule has 0 aromatic heterocycles. The molecule has 1 saturated heterocycles. The molecule has 0 bridgehead atoms. The number of rotatable bonds is 7. The number of esters is 1. The van der Waals surface area contributed by atoms with Crippen LogP contribution in [0.1, 0.15) is 33.1 Å². The van der Waals surface area contributed by atoms with Gasteiger partial charge in [0, 0.05) is 6.42 Å². The Labute approximate surface area is 94.7 Å². The van der Waals surface area contributed by atoms with E-state index in [1.807, 2.05) is 6.92 Å². The first-order valence-electron chi connectivity index (χ1n) is 5.52. The van der Waals surface area contributed by atoms with Gasteiger partial charge in [0.25, 0.3) is 6.47 Å². The lowest BCUT2D eigenvalue weighted by Crippen LogP contribution is -2.43. The van der Waals surface area contributed by atoms with Crippen molar-refractivity contribution in [3.05, 3.63) is 0 Å². The number of cyclic esters (lactones) is 1. The predicted octanol–water partition coefficient (Wildman–Crippen LogP) is 0.641. The second-order valence-corrected chi connectivity index (χ2v) is 4.27. The van der Waals surface area contributed by atoms with Crippen molar-refractivity contribution in [3.8, 4) is 0 Å². The highest BCUT2D eigenvalue weighted by Crippen LogP contribution is 2.26. The van der Waals surface area contributed by atoms with Crippen LogP contribution in [0.15, 0.2) is 0 Å². The number of carbonyl (C=O) groups excluding carboxylic acids is 2. The second kappa shape index (κ2) is 5.84. The first-order chi connectivity index (χ1) is 7.54. The molecular weight excluding hydrogens is 212 g/mol. The van der Waals surface area contributed by atoms with E-state index in [1.165, 1.54) is 0 Å². The number of hydrogen-bond acceptors (Lipinski definition) is 5. The van der Waals surface area contributed by atoms with Gasteiger partial charge in [0.05, 0.1) is 12.0 Å². The van der Waals surface area contributed by atoms with E-state index in [4.69, 9.17) is 4.74 Å². The lowest BCUT2D eigenvalue weighted by molar-refractivity contribution is -0.183. The third-order valence-electron chi connectivity index (χ3n) is 2.87. The number of ether oxygens (including phenoxy) is 2. The summed E-state index contributed by atoms with van der Waals surface area (Å²) in [5.41, 5.74) is 0. The standard InChI is InChI=1S/C11H18O5/c1-7(15-6-12)5-9(13)3-4-10-8(2)11(14)16-10/h6-10,13H,3-5H2,1-2H3/t7?,8-,9?,10-/m1/s1. The Morgan fingerprint density at radius 1 is 1.62 bits per heavy atom. The van der Waals surface area contributed by atoms with Crippen LogP contribution in [0, 0.1) is 5.92 Å². The van der Waals surface area contributed by atoms with Crippen LogP contribution in [-0.2, 0) is 19.1 Å². The predicted molar refractivity (Wildman–Crippen MR) is 55.5 cm³/mol. The van der Waals surface area contributed by atoms with E-state index in [9.17, 15) is 14.7 Å². The third-order valence-corrected chi connectivity index (χ3v) is 2.87. The fourth-order valence-electron chi connectivity index (χ4n) is 1.76. The zero-order valence-electron chi connectivity index (χ0n) is 9.59. The van der Waals surface area contributed by atoms with Gasteiger partial charge in [-0.2, -0.15) is 0 Å². The van der Waals surface area contributed by atoms with E-state index < -0.39 is 6.10 Å². The van der Waals surface area contributed by atoms with Crippen molar-refractivity contribution < 1.29 is 24.2 Å². The smallest absolute Gasteiger partial charge is 0.312 e. The summed E-state index contributed by atoms with van der Waals surface area (Å²) in [5, 5.41) is 9.63. The Bertz CT molecular complexity index is 253. The first kappa shape index (κ1) is 13.0. The molecular formula is C11H18O5. The maximum atomic E-state index is 10.8. The average molecular weight is 230 g/mol. The molecule has 0 aromatic rings. The van der Waals surface area contributed by atoms with Crippen molar-refractivity contribution in [3.63, 3.8) is 0 Å². The Kier molecular flexibility index (Phi) is 4.73. The quantitative estimate of drug-likeness (QED) is 0.513. The van der Waals surface area contributed by atoms with E-state index in [0.717, 1.165) is 0 Å². The molecule has 92 valence electrons. The Morgan fingerprint density at radius 2 is 2.31 bits per heavy atom. The van der Waals surface area contributed by atoms with Crippen molar-refractivity contribution in [1.29, 1.82) is 0 Å². The molecule has 1 heterocycles. The second-order valence-electron chi connectivity index (χ2n) is 4.27. The molecule has 1 rings (SSSR count). The van der Waals surface area contributed by atoms with E-state index in [-0.39, 0.29) is 24.1 Å². The van der Waals surface area contributed by atoms with E-state index in [1.54, 1.807) is 6.92 Å². The lowest BCUT2D eigenvalue weighted by Gasteiger charge is -2.33. The molecule has 1 fully saturated rings. The monoisotopic (exact) mass is 230 g/mol. The summed E-state index contributed by atoms with van der Waals surface area (Å²) in [5.74, 6) is -0.229. The SMILES string of the molecule is CC(CC(O)CC[C@H]1OC(=O)[C@@H]1C)OC=O. The van der Waals surface area contributed by atoms with Gasteiger partial charge in [0.2, 0.25) is 0 Å². The molecule has 1 aliphatic heterocycles. The van der Waals surface area contributed by atoms with Crippen molar-refractivity contribution in [2.75, 3.05) is 0 Å². The van der Waals surface area contributed by atoms with Gasteiger partial charge in [-0.15, -0.1) is 0 Å². The highest BCUT2D eigenvalue weighted by molar-refractivity contribution is 5.77. The molecule has 0 aromatic carbocycles. The van der Waals surface area contributed by atoms with Gasteiger partial charge in [-0.1, -0.05) is 0 Å². The Balaban J connectivity index is 2.13. The highest BCUT2D eigenvalue weighted by atomic mass is 16.6. The molecule has 0 aliphatic carbocycles. The van der Waals surface area contributed by atoms with Crippen molar-refractivity contribution >= 4 is 12.4 Å². The maximum absolute atomic E-state index is 10.8. The van der Waals surface area contributed by atoms with Crippen LogP contribution < -0.4 is 0 Å². The summed E-state index contributed by atoms with van der Waals surface area (Å²) in [6.45, 7) is 3.93. The number of hydrogen-bond donors (Lipinski definition) is 1. The van der Waals surface area contributed by atoms with Crippen LogP contribution in [0.25, 0.3) is 0 Å². The minimum absolute atomic E-state index is 0.0594. The maximum Gasteiger partial charge on any atom is 0.312 e. The number of aliphatic hydroxyl groups is 1. The van der Waals surface area contributed by atoms with Gasteiger partial charge in [0.15, 0.2) is 0 Å². The minimum Gasteiger partial charge on any atom is -0.465 e. The minimum atomic E-state index is -0.526. The van der Waals surface area contributed by atoms with Gasteiger partial charge in [-0.25, -0.2) is 0 Å². The average Bonchev–Trinajstić information content (AvgIpc) is 2.23. The summed E-state index contributed by atoms with van der Waals surface area (Å²) < 4.78 is 9.59. The zero-order valence-corrected chi connectivity index (χ0v) is 9.59. The van der Waals surface area contributed by atoms with Crippen LogP contribution >= 0.6 is 0 Å². The first-order valence-corrected chi connectivity index (χ1v) is 5.52. The van der Waals surface area contributed by atoms with Gasteiger partial charge in [0.1, 0.15) is 12.2 Å². The van der Waals surface area contributed by atoms with E-state index >= 15 is 0 Å². The molecule has 2 unspecified atom stereocenters. The fourth-order valence-corrected chi connectivity index (χ4v) is 1.76. The van der Waals surface area contributed by atoms with Gasteiger partial charge in [-0.05, 0) is 26.7 Å². The fraction of sp³-hybridized carbons (Fsp3) is 0.818. The van der Waals surface area contributed by atoms with Gasteiger partial charge >= 0.3 is 5.97 Å². The van der Waals surface area contributed by atoms with Crippen LogP contribution in [0.3, 0.4) is 0 Å². The molecule has 0 spiro atoms. The highest BCUT2D eigenvalue weighted by Gasteiger charge is 2.38. The lowest BCUT2D eigenvalue weighted by atomic mass is 9.93. The summed E-state index contributed by atoms with van der Waals surface area (Å²) in [7, 11) is 0. The summed E-state index contributed by atoms with van der Waals surface area (Å²) in [6, 6.07) is 0. The molecule has 0 amide bonds. The molecule has 5 heteroatoms. The number of carbonyl (C=O) groups is 2. The molecule has 16 heavy (non-hydrogen) atoms. The van der Waals surface area contributed by atoms with Gasteiger partial charge in [-0.3, -0.25) is 9.59 Å². The molecule has 1 aliphatic rings. The summed E-state index contributed by atoms with van der Waals surface area (Å²) in [4.78, 5) is 20.8. The van der Waals surface area contributed by atoms with Crippen LogP contribution in [-0.4, -0.2) is 35.9 Å². The van der Waals surface area contributed by atoms with Crippen molar-refractivity contribution in [2.45, 2.75) is 51.4 Å². The Morgan fingerprint density at radius 3 is 2.81 bits per heavy atom. The van der Waals surface area contributed by atoms with Crippen LogP contribution in [0.2, 0.25) is 0 Å². The largest absolute Gasteiger partial charge is 0.465 e. The summed E-state index contributed by atoms with van der Waals surface area (Å²) >= 11 is 0. The van der Waals surface area contributed by atoms with Crippen LogP contribution in [0.5, 0.6) is 0 Å². The number of aliphatic hydroxyl groups excluding tert-OH is 1. The molecule has 1 N–H and O–H groups in total. The topological polar surface area (TPSA) is 72.8 Å². The van der Waals surface area contributed by atoms with Crippen molar-refractivity contribution in [2.24, 2.45) is 5.92 Å². The molecule has 0 saturated carbocycles. The zero-order chi connectivity index (χ0) is 12.1. The molecule has 4 atom stereocenters. The van der Waals surface area contributed by atoms with Crippen LogP contribution in [0.4, 0.5) is 0 Å². The Hall–Kier alpha value is -1.10. The van der Waals surface area contributed by atoms with Gasteiger partial charge < -0.3 is 14.6 Å². The van der Waals surface area contributed by atoms with E-state index in [2.05, 4.69) is 4.74 Å². The normalized spacial score (nSPS) is 27.6. The molecule has 5 nitrogen and oxygen atoms in total. The summed E-state index contributed by atoms with van der Waals surface area (Å²) in [6.07, 6.45) is 0.740. The third kappa shape index (κ3) is 3.48. The van der Waals surface area contributed by atoms with E-state index in [0.29, 0.717) is 25.7 Å². The van der Waals surface area contributed by atoms with Crippen molar-refractivity contribution in [1.82, 2.24) is 0 Å². The molecule has 0 radical (unpaired) electrons.